The molecule has 3 amide bonds. The number of benzene rings is 1. The summed E-state index contributed by atoms with van der Waals surface area (Å²) in [4.78, 5) is 48.4. The number of rotatable bonds is 11. The minimum absolute atomic E-state index is 0.151. The lowest BCUT2D eigenvalue weighted by atomic mass is 10.1. The van der Waals surface area contributed by atoms with E-state index in [-0.39, 0.29) is 31.9 Å². The Morgan fingerprint density at radius 3 is 2.41 bits per heavy atom. The predicted molar refractivity (Wildman–Crippen MR) is 106 cm³/mol. The highest BCUT2D eigenvalue weighted by atomic mass is 16.5. The lowest BCUT2D eigenvalue weighted by Crippen LogP contribution is -2.51. The summed E-state index contributed by atoms with van der Waals surface area (Å²) < 4.78 is 5.11. The second-order valence-corrected chi connectivity index (χ2v) is 6.57. The van der Waals surface area contributed by atoms with Crippen LogP contribution in [0.4, 0.5) is 4.79 Å². The summed E-state index contributed by atoms with van der Waals surface area (Å²) in [6.45, 7) is 3.43. The van der Waals surface area contributed by atoms with Crippen LogP contribution in [-0.2, 0) is 25.7 Å². The summed E-state index contributed by atoms with van der Waals surface area (Å²) in [5.41, 5.74) is 0.867. The van der Waals surface area contributed by atoms with Gasteiger partial charge in [0.1, 0.15) is 18.7 Å². The third-order valence-electron chi connectivity index (χ3n) is 4.33. The summed E-state index contributed by atoms with van der Waals surface area (Å²) in [5.74, 6) is -1.94. The van der Waals surface area contributed by atoms with Gasteiger partial charge in [-0.1, -0.05) is 37.3 Å². The number of nitrogens with zero attached hydrogens (tertiary/aromatic N) is 1. The number of carboxylic acids is 1. The van der Waals surface area contributed by atoms with Crippen LogP contribution in [-0.4, -0.2) is 59.6 Å². The number of nitrogens with one attached hydrogen (secondary N) is 2. The van der Waals surface area contributed by atoms with E-state index in [9.17, 15) is 19.2 Å². The first kappa shape index (κ1) is 23.9. The highest BCUT2D eigenvalue weighted by Crippen LogP contribution is 2.08. The van der Waals surface area contributed by atoms with Gasteiger partial charge in [-0.25, -0.2) is 4.79 Å². The zero-order valence-electron chi connectivity index (χ0n) is 17.0. The molecule has 0 saturated carbocycles. The summed E-state index contributed by atoms with van der Waals surface area (Å²) in [6, 6.07) is 7.35. The number of ether oxygens (including phenoxy) is 1. The maximum atomic E-state index is 12.4. The van der Waals surface area contributed by atoms with Gasteiger partial charge in [0.2, 0.25) is 11.8 Å². The van der Waals surface area contributed by atoms with Crippen LogP contribution in [0.5, 0.6) is 0 Å². The van der Waals surface area contributed by atoms with Gasteiger partial charge in [-0.2, -0.15) is 0 Å². The van der Waals surface area contributed by atoms with Crippen molar-refractivity contribution in [3.05, 3.63) is 35.9 Å². The molecule has 0 aliphatic carbocycles. The van der Waals surface area contributed by atoms with E-state index in [1.807, 2.05) is 30.3 Å². The first-order valence-electron chi connectivity index (χ1n) is 9.49. The van der Waals surface area contributed by atoms with Crippen LogP contribution in [0.2, 0.25) is 0 Å². The van der Waals surface area contributed by atoms with Crippen molar-refractivity contribution in [3.63, 3.8) is 0 Å². The third kappa shape index (κ3) is 8.63. The third-order valence-corrected chi connectivity index (χ3v) is 4.33. The Kier molecular flexibility index (Phi) is 10.2. The summed E-state index contributed by atoms with van der Waals surface area (Å²) >= 11 is 0. The van der Waals surface area contributed by atoms with E-state index in [1.165, 1.54) is 18.9 Å². The topological polar surface area (TPSA) is 125 Å². The van der Waals surface area contributed by atoms with Crippen molar-refractivity contribution >= 4 is 23.9 Å². The van der Waals surface area contributed by atoms with Crippen molar-refractivity contribution < 1.29 is 29.0 Å². The highest BCUT2D eigenvalue weighted by molar-refractivity contribution is 5.90. The molecule has 0 heterocycles. The van der Waals surface area contributed by atoms with Crippen molar-refractivity contribution in [2.45, 2.75) is 51.8 Å². The molecule has 0 aliphatic rings. The van der Waals surface area contributed by atoms with E-state index in [4.69, 9.17) is 9.84 Å². The van der Waals surface area contributed by atoms with E-state index >= 15 is 0 Å². The van der Waals surface area contributed by atoms with Gasteiger partial charge in [-0.15, -0.1) is 0 Å². The zero-order chi connectivity index (χ0) is 21.8. The van der Waals surface area contributed by atoms with Crippen LogP contribution in [0.1, 0.15) is 38.7 Å². The minimum Gasteiger partial charge on any atom is -0.480 e. The second-order valence-electron chi connectivity index (χ2n) is 6.57. The first-order valence-corrected chi connectivity index (χ1v) is 9.49. The number of amides is 3. The van der Waals surface area contributed by atoms with Crippen molar-refractivity contribution in [3.8, 4) is 0 Å². The van der Waals surface area contributed by atoms with Gasteiger partial charge in [0, 0.05) is 20.0 Å². The van der Waals surface area contributed by atoms with E-state index in [2.05, 4.69) is 10.6 Å². The maximum Gasteiger partial charge on any atom is 0.407 e. The fourth-order valence-corrected chi connectivity index (χ4v) is 2.56. The number of likely N-dealkylation sites (N-methyl/N-ethyl adjacent to an activating group) is 1. The zero-order valence-corrected chi connectivity index (χ0v) is 17.0. The molecule has 0 bridgehead atoms. The van der Waals surface area contributed by atoms with Gasteiger partial charge in [0.25, 0.3) is 0 Å². The Morgan fingerprint density at radius 2 is 1.83 bits per heavy atom. The summed E-state index contributed by atoms with van der Waals surface area (Å²) in [7, 11) is 1.50. The largest absolute Gasteiger partial charge is 0.480 e. The van der Waals surface area contributed by atoms with Gasteiger partial charge in [0.15, 0.2) is 0 Å². The number of alkyl carbamates (subject to hydrolysis) is 1. The minimum atomic E-state index is -1.16. The molecule has 0 spiro atoms. The molecule has 0 saturated heterocycles. The molecule has 2 atom stereocenters. The van der Waals surface area contributed by atoms with Crippen LogP contribution < -0.4 is 10.6 Å². The van der Waals surface area contributed by atoms with Crippen LogP contribution in [0.25, 0.3) is 0 Å². The molecule has 2 unspecified atom stereocenters. The molecule has 0 fully saturated rings. The molecular weight excluding hydrogens is 378 g/mol. The molecule has 1 rings (SSSR count). The monoisotopic (exact) mass is 407 g/mol. The normalized spacial score (nSPS) is 12.4. The Hall–Kier alpha value is -3.10. The van der Waals surface area contributed by atoms with Gasteiger partial charge in [-0.3, -0.25) is 14.4 Å². The van der Waals surface area contributed by atoms with Crippen LogP contribution in [0.15, 0.2) is 30.3 Å². The van der Waals surface area contributed by atoms with Crippen LogP contribution >= 0.6 is 0 Å². The maximum absolute atomic E-state index is 12.4. The van der Waals surface area contributed by atoms with E-state index in [0.29, 0.717) is 6.42 Å². The number of carboxylic acid groups (broad SMARTS) is 1. The number of carbonyl (C=O) groups excluding carboxylic acids is 3. The lowest BCUT2D eigenvalue weighted by molar-refractivity contribution is -0.143. The molecular formula is C20H29N3O6. The smallest absolute Gasteiger partial charge is 0.407 e. The van der Waals surface area contributed by atoms with E-state index in [0.717, 1.165) is 5.56 Å². The fourth-order valence-electron chi connectivity index (χ4n) is 2.56. The standard InChI is InChI=1S/C20H29N3O6/c1-4-17(24)23(3)16(18(25)22-14(2)19(26)27)11-8-12-21-20(28)29-13-15-9-6-5-7-10-15/h5-7,9-10,14,16H,4,8,11-13H2,1-3H3,(H,21,28)(H,22,25)(H,26,27). The average molecular weight is 407 g/mol. The predicted octanol–water partition coefficient (Wildman–Crippen LogP) is 1.52. The van der Waals surface area contributed by atoms with Gasteiger partial charge >= 0.3 is 12.1 Å². The molecule has 3 N–H and O–H groups in total. The number of hydrogen-bond donors (Lipinski definition) is 3. The quantitative estimate of drug-likeness (QED) is 0.478. The van der Waals surface area contributed by atoms with E-state index in [1.54, 1.807) is 6.92 Å². The van der Waals surface area contributed by atoms with Crippen molar-refractivity contribution in [2.75, 3.05) is 13.6 Å². The molecule has 160 valence electrons. The molecule has 0 aromatic heterocycles. The number of aliphatic carboxylic acids is 1. The van der Waals surface area contributed by atoms with Crippen molar-refractivity contribution in [2.24, 2.45) is 0 Å². The molecule has 9 heteroatoms. The van der Waals surface area contributed by atoms with Crippen LogP contribution in [0, 0.1) is 0 Å². The lowest BCUT2D eigenvalue weighted by Gasteiger charge is -2.28. The van der Waals surface area contributed by atoms with Gasteiger partial charge in [-0.05, 0) is 25.3 Å². The van der Waals surface area contributed by atoms with Crippen molar-refractivity contribution in [1.29, 1.82) is 0 Å². The fraction of sp³-hybridized carbons (Fsp3) is 0.500. The molecule has 29 heavy (non-hydrogen) atoms. The molecule has 0 radical (unpaired) electrons. The molecule has 0 aliphatic heterocycles. The Bertz CT molecular complexity index is 695. The second kappa shape index (κ2) is 12.4. The first-order chi connectivity index (χ1) is 13.8. The van der Waals surface area contributed by atoms with Gasteiger partial charge < -0.3 is 25.4 Å². The number of carbonyl (C=O) groups is 4. The Balaban J connectivity index is 2.50. The summed E-state index contributed by atoms with van der Waals surface area (Å²) in [6.07, 6.45) is 0.312. The Labute approximate surface area is 170 Å². The molecule has 1 aromatic carbocycles. The molecule has 9 nitrogen and oxygen atoms in total. The summed E-state index contributed by atoms with van der Waals surface area (Å²) in [5, 5.41) is 13.9. The average Bonchev–Trinajstić information content (AvgIpc) is 2.71. The van der Waals surface area contributed by atoms with Crippen molar-refractivity contribution in [1.82, 2.24) is 15.5 Å². The van der Waals surface area contributed by atoms with Crippen LogP contribution in [0.3, 0.4) is 0 Å². The highest BCUT2D eigenvalue weighted by Gasteiger charge is 2.28. The molecule has 1 aromatic rings. The Morgan fingerprint density at radius 1 is 1.17 bits per heavy atom. The SMILES string of the molecule is CCC(=O)N(C)C(CCCNC(=O)OCc1ccccc1)C(=O)NC(C)C(=O)O. The van der Waals surface area contributed by atoms with E-state index < -0.39 is 30.1 Å². The van der Waals surface area contributed by atoms with Gasteiger partial charge in [0.05, 0.1) is 0 Å². The number of hydrogen-bond acceptors (Lipinski definition) is 5.